The van der Waals surface area contributed by atoms with Gasteiger partial charge in [0.25, 0.3) is 0 Å². The Hall–Kier alpha value is -0.770. The first kappa shape index (κ1) is 19.0. The number of hydrogen-bond donors (Lipinski definition) is 2. The normalized spacial score (nSPS) is 31.1. The van der Waals surface area contributed by atoms with Gasteiger partial charge in [0.05, 0.1) is 5.30 Å². The van der Waals surface area contributed by atoms with Gasteiger partial charge in [0.15, 0.2) is 0 Å². The lowest BCUT2D eigenvalue weighted by atomic mass is 9.77. The summed E-state index contributed by atoms with van der Waals surface area (Å²) >= 11 is 0. The summed E-state index contributed by atoms with van der Waals surface area (Å²) in [5, 5.41) is -0.0952. The molecule has 0 spiro atoms. The number of benzene rings is 1. The summed E-state index contributed by atoms with van der Waals surface area (Å²) in [6.45, 7) is 1.84. The lowest BCUT2D eigenvalue weighted by Gasteiger charge is -2.33. The van der Waals surface area contributed by atoms with Gasteiger partial charge in [-0.2, -0.15) is 0 Å². The number of hydrogen-bond acceptors (Lipinski definition) is 1. The van der Waals surface area contributed by atoms with Crippen molar-refractivity contribution >= 4 is 12.9 Å². The minimum absolute atomic E-state index is 0.0952. The third-order valence-corrected chi connectivity index (χ3v) is 6.87. The molecule has 3 rings (SSSR count). The van der Waals surface area contributed by atoms with Crippen molar-refractivity contribution in [3.63, 3.8) is 0 Å². The summed E-state index contributed by atoms with van der Waals surface area (Å²) in [4.78, 5) is 20.1. The Balaban J connectivity index is 2.16. The highest BCUT2D eigenvalue weighted by Crippen LogP contribution is 2.46. The number of aryl methyl sites for hydroxylation is 1. The predicted octanol–water partition coefficient (Wildman–Crippen LogP) is 4.79. The molecular formula is C19H27F2O3P. The van der Waals surface area contributed by atoms with Crippen LogP contribution in [-0.4, -0.2) is 22.1 Å². The molecule has 0 heterocycles. The van der Waals surface area contributed by atoms with Crippen LogP contribution in [0.1, 0.15) is 79.9 Å². The Morgan fingerprint density at radius 2 is 1.28 bits per heavy atom. The van der Waals surface area contributed by atoms with E-state index in [1.165, 1.54) is 0 Å². The third kappa shape index (κ3) is 3.99. The minimum Gasteiger partial charge on any atom is -0.321 e. The van der Waals surface area contributed by atoms with E-state index in [1.54, 1.807) is 12.1 Å². The first-order valence-corrected chi connectivity index (χ1v) is 10.9. The lowest BCUT2D eigenvalue weighted by molar-refractivity contribution is 0.213. The van der Waals surface area contributed by atoms with Gasteiger partial charge in [-0.15, -0.1) is 0 Å². The average Bonchev–Trinajstić information content (AvgIpc) is 2.53. The molecule has 0 amide bonds. The molecule has 2 aliphatic rings. The van der Waals surface area contributed by atoms with Gasteiger partial charge in [0, 0.05) is 11.8 Å². The Kier molecular flexibility index (Phi) is 5.67. The molecule has 2 saturated carbocycles. The fourth-order valence-corrected chi connectivity index (χ4v) is 5.74. The molecule has 4 unspecified atom stereocenters. The van der Waals surface area contributed by atoms with Crippen molar-refractivity contribution in [2.45, 2.75) is 82.5 Å². The molecule has 0 radical (unpaired) electrons. The molecule has 1 aromatic rings. The molecule has 0 aliphatic heterocycles. The number of rotatable bonds is 3. The van der Waals surface area contributed by atoms with E-state index in [4.69, 9.17) is 0 Å². The largest absolute Gasteiger partial charge is 0.356 e. The smallest absolute Gasteiger partial charge is 0.321 e. The van der Waals surface area contributed by atoms with Gasteiger partial charge >= 0.3 is 7.60 Å². The van der Waals surface area contributed by atoms with Crippen molar-refractivity contribution in [3.8, 4) is 0 Å². The van der Waals surface area contributed by atoms with Crippen LogP contribution in [0.5, 0.6) is 0 Å². The van der Waals surface area contributed by atoms with Gasteiger partial charge in [-0.25, -0.2) is 8.78 Å². The van der Waals surface area contributed by atoms with E-state index in [1.807, 2.05) is 6.92 Å². The Bertz CT molecular complexity index is 630. The molecule has 4 atom stereocenters. The van der Waals surface area contributed by atoms with Crippen molar-refractivity contribution in [2.24, 2.45) is 0 Å². The van der Waals surface area contributed by atoms with Crippen molar-refractivity contribution in [1.82, 2.24) is 0 Å². The highest BCUT2D eigenvalue weighted by molar-refractivity contribution is 7.60. The van der Waals surface area contributed by atoms with E-state index in [0.717, 1.165) is 31.2 Å². The molecule has 6 heteroatoms. The van der Waals surface area contributed by atoms with Crippen LogP contribution in [0.3, 0.4) is 0 Å². The van der Waals surface area contributed by atoms with Crippen molar-refractivity contribution in [3.05, 3.63) is 28.8 Å². The second kappa shape index (κ2) is 7.46. The Morgan fingerprint density at radius 3 is 1.64 bits per heavy atom. The van der Waals surface area contributed by atoms with Crippen LogP contribution >= 0.6 is 7.60 Å². The molecule has 0 bridgehead atoms. The van der Waals surface area contributed by atoms with Crippen LogP contribution in [0.15, 0.2) is 12.1 Å². The molecule has 1 aromatic carbocycles. The standard InChI is InChI=1S/C19H27F2O3P/c1-12-10-15(13-6-2-4-8-17(13)20)19(25(22,23)24)16(11-12)14-7-3-5-9-18(14)21/h10-11,13-14,17-18H,2-9H2,1H3,(H2,22,23,24). The molecule has 0 aromatic heterocycles. The fourth-order valence-electron chi connectivity index (χ4n) is 4.61. The monoisotopic (exact) mass is 372 g/mol. The van der Waals surface area contributed by atoms with Gasteiger partial charge in [0.2, 0.25) is 0 Å². The van der Waals surface area contributed by atoms with Gasteiger partial charge < -0.3 is 9.79 Å². The molecular weight excluding hydrogens is 345 g/mol. The number of alkyl halides is 2. The van der Waals surface area contributed by atoms with E-state index in [9.17, 15) is 23.1 Å². The fraction of sp³-hybridized carbons (Fsp3) is 0.684. The van der Waals surface area contributed by atoms with Crippen molar-refractivity contribution in [1.29, 1.82) is 0 Å². The predicted molar refractivity (Wildman–Crippen MR) is 95.1 cm³/mol. The highest BCUT2D eigenvalue weighted by atomic mass is 31.2. The maximum Gasteiger partial charge on any atom is 0.356 e. The molecule has 3 nitrogen and oxygen atoms in total. The van der Waals surface area contributed by atoms with Gasteiger partial charge in [0.1, 0.15) is 12.3 Å². The summed E-state index contributed by atoms with van der Waals surface area (Å²) in [6, 6.07) is 3.41. The third-order valence-electron chi connectivity index (χ3n) is 5.77. The highest BCUT2D eigenvalue weighted by Gasteiger charge is 2.38. The van der Waals surface area contributed by atoms with E-state index in [2.05, 4.69) is 0 Å². The zero-order valence-electron chi connectivity index (χ0n) is 14.6. The van der Waals surface area contributed by atoms with Gasteiger partial charge in [-0.05, 0) is 43.7 Å². The summed E-state index contributed by atoms with van der Waals surface area (Å²) in [7, 11) is -4.63. The van der Waals surface area contributed by atoms with E-state index in [0.29, 0.717) is 36.8 Å². The van der Waals surface area contributed by atoms with Crippen LogP contribution < -0.4 is 5.30 Å². The molecule has 140 valence electrons. The lowest BCUT2D eigenvalue weighted by Crippen LogP contribution is -2.30. The maximum absolute atomic E-state index is 14.6. The SMILES string of the molecule is Cc1cc(C2CCCCC2F)c(P(=O)(O)O)c(C2CCCCC2F)c1. The van der Waals surface area contributed by atoms with Crippen molar-refractivity contribution < 1.29 is 23.1 Å². The zero-order valence-corrected chi connectivity index (χ0v) is 15.5. The van der Waals surface area contributed by atoms with E-state index in [-0.39, 0.29) is 5.30 Å². The second-order valence-electron chi connectivity index (χ2n) is 7.65. The number of halogens is 2. The Morgan fingerprint density at radius 1 is 0.880 bits per heavy atom. The van der Waals surface area contributed by atoms with Crippen molar-refractivity contribution in [2.75, 3.05) is 0 Å². The summed E-state index contributed by atoms with van der Waals surface area (Å²) in [6.07, 6.45) is 3.12. The van der Waals surface area contributed by atoms with Crippen LogP contribution in [0.2, 0.25) is 0 Å². The summed E-state index contributed by atoms with van der Waals surface area (Å²) < 4.78 is 41.4. The molecule has 2 N–H and O–H groups in total. The second-order valence-corrected chi connectivity index (χ2v) is 9.19. The van der Waals surface area contributed by atoms with Gasteiger partial charge in [-0.1, -0.05) is 43.4 Å². The van der Waals surface area contributed by atoms with Crippen LogP contribution in [0.25, 0.3) is 0 Å². The molecule has 0 saturated heterocycles. The Labute approximate surface area is 148 Å². The molecule has 2 aliphatic carbocycles. The average molecular weight is 372 g/mol. The maximum atomic E-state index is 14.6. The molecule has 2 fully saturated rings. The van der Waals surface area contributed by atoms with Crippen LogP contribution in [-0.2, 0) is 4.57 Å². The van der Waals surface area contributed by atoms with Crippen LogP contribution in [0.4, 0.5) is 8.78 Å². The quantitative estimate of drug-likeness (QED) is 0.750. The minimum atomic E-state index is -4.63. The van der Waals surface area contributed by atoms with Crippen LogP contribution in [0, 0.1) is 6.92 Å². The first-order valence-electron chi connectivity index (χ1n) is 9.27. The van der Waals surface area contributed by atoms with Gasteiger partial charge in [-0.3, -0.25) is 4.57 Å². The summed E-state index contributed by atoms with van der Waals surface area (Å²) in [5.74, 6) is -1.01. The topological polar surface area (TPSA) is 57.5 Å². The first-order chi connectivity index (χ1) is 11.8. The zero-order chi connectivity index (χ0) is 18.2. The molecule has 25 heavy (non-hydrogen) atoms. The van der Waals surface area contributed by atoms with E-state index < -0.39 is 31.8 Å². The van der Waals surface area contributed by atoms with E-state index >= 15 is 0 Å². The summed E-state index contributed by atoms with van der Waals surface area (Å²) in [5.41, 5.74) is 1.64.